The van der Waals surface area contributed by atoms with Crippen LogP contribution in [0.5, 0.6) is 0 Å². The van der Waals surface area contributed by atoms with Gasteiger partial charge in [-0.1, -0.05) is 36.3 Å². The summed E-state index contributed by atoms with van der Waals surface area (Å²) in [4.78, 5) is 15.0. The van der Waals surface area contributed by atoms with Crippen LogP contribution in [0.4, 0.5) is 5.69 Å². The van der Waals surface area contributed by atoms with Crippen LogP contribution in [0.2, 0.25) is 0 Å². The molecule has 0 aliphatic carbocycles. The summed E-state index contributed by atoms with van der Waals surface area (Å²) >= 11 is 0. The Morgan fingerprint density at radius 3 is 2.67 bits per heavy atom. The van der Waals surface area contributed by atoms with E-state index in [1.165, 1.54) is 12.1 Å². The van der Waals surface area contributed by atoms with Crippen LogP contribution in [0.3, 0.4) is 0 Å². The SMILES string of the molecule is C#Cc1cc(-c2cccc([N+](=O)[O-])c2)nc2ccccc12. The zero-order chi connectivity index (χ0) is 14.8. The van der Waals surface area contributed by atoms with E-state index in [4.69, 9.17) is 6.42 Å². The van der Waals surface area contributed by atoms with Crippen molar-refractivity contribution in [2.45, 2.75) is 0 Å². The molecule has 100 valence electrons. The van der Waals surface area contributed by atoms with E-state index in [1.54, 1.807) is 18.2 Å². The van der Waals surface area contributed by atoms with Gasteiger partial charge in [-0.05, 0) is 12.1 Å². The van der Waals surface area contributed by atoms with Gasteiger partial charge in [0.15, 0.2) is 0 Å². The van der Waals surface area contributed by atoms with Gasteiger partial charge in [0, 0.05) is 28.6 Å². The summed E-state index contributed by atoms with van der Waals surface area (Å²) in [6.45, 7) is 0. The number of pyridine rings is 1. The monoisotopic (exact) mass is 274 g/mol. The van der Waals surface area contributed by atoms with E-state index in [0.29, 0.717) is 11.3 Å². The molecule has 3 aromatic rings. The van der Waals surface area contributed by atoms with Crippen molar-refractivity contribution in [2.24, 2.45) is 0 Å². The molecule has 0 saturated carbocycles. The Morgan fingerprint density at radius 2 is 1.90 bits per heavy atom. The highest BCUT2D eigenvalue weighted by Gasteiger charge is 2.10. The predicted molar refractivity (Wildman–Crippen MR) is 81.8 cm³/mol. The Balaban J connectivity index is 2.24. The lowest BCUT2D eigenvalue weighted by atomic mass is 10.0. The number of benzene rings is 2. The molecule has 0 unspecified atom stereocenters. The van der Waals surface area contributed by atoms with Crippen molar-refractivity contribution in [3.63, 3.8) is 0 Å². The van der Waals surface area contributed by atoms with E-state index in [-0.39, 0.29) is 5.69 Å². The molecule has 0 amide bonds. The Kier molecular flexibility index (Phi) is 3.09. The molecular formula is C17H10N2O2. The fourth-order valence-corrected chi connectivity index (χ4v) is 2.22. The minimum absolute atomic E-state index is 0.0321. The average Bonchev–Trinajstić information content (AvgIpc) is 2.53. The molecule has 0 bridgehead atoms. The largest absolute Gasteiger partial charge is 0.270 e. The van der Waals surface area contributed by atoms with Gasteiger partial charge in [0.2, 0.25) is 0 Å². The standard InChI is InChI=1S/C17H10N2O2/c1-2-12-11-17(18-16-9-4-3-8-15(12)16)13-6-5-7-14(10-13)19(20)21/h1,3-11H. The van der Waals surface area contributed by atoms with Gasteiger partial charge < -0.3 is 0 Å². The molecule has 0 spiro atoms. The second-order valence-corrected chi connectivity index (χ2v) is 4.52. The zero-order valence-corrected chi connectivity index (χ0v) is 11.0. The zero-order valence-electron chi connectivity index (χ0n) is 11.0. The first-order chi connectivity index (χ1) is 10.2. The van der Waals surface area contributed by atoms with Crippen LogP contribution in [0.1, 0.15) is 5.56 Å². The number of fused-ring (bicyclic) bond motifs is 1. The molecule has 0 fully saturated rings. The molecule has 21 heavy (non-hydrogen) atoms. The molecule has 0 aliphatic rings. The van der Waals surface area contributed by atoms with Gasteiger partial charge in [0.25, 0.3) is 5.69 Å². The number of hydrogen-bond donors (Lipinski definition) is 0. The van der Waals surface area contributed by atoms with Crippen LogP contribution in [-0.4, -0.2) is 9.91 Å². The first kappa shape index (κ1) is 12.8. The maximum absolute atomic E-state index is 10.9. The van der Waals surface area contributed by atoms with Crippen LogP contribution in [0, 0.1) is 22.5 Å². The maximum atomic E-state index is 10.9. The molecule has 4 heteroatoms. The molecule has 0 radical (unpaired) electrons. The van der Waals surface area contributed by atoms with Crippen molar-refractivity contribution in [3.05, 3.63) is 70.3 Å². The number of aromatic nitrogens is 1. The fraction of sp³-hybridized carbons (Fsp3) is 0. The lowest BCUT2D eigenvalue weighted by Gasteiger charge is -2.06. The number of terminal acetylenes is 1. The summed E-state index contributed by atoms with van der Waals surface area (Å²) < 4.78 is 0. The van der Waals surface area contributed by atoms with Gasteiger partial charge in [-0.3, -0.25) is 10.1 Å². The Bertz CT molecular complexity index is 895. The van der Waals surface area contributed by atoms with Crippen LogP contribution in [0.15, 0.2) is 54.6 Å². The van der Waals surface area contributed by atoms with E-state index < -0.39 is 4.92 Å². The third kappa shape index (κ3) is 2.33. The van der Waals surface area contributed by atoms with Crippen LogP contribution >= 0.6 is 0 Å². The topological polar surface area (TPSA) is 56.0 Å². The fourth-order valence-electron chi connectivity index (χ4n) is 2.22. The average molecular weight is 274 g/mol. The summed E-state index contributed by atoms with van der Waals surface area (Å²) in [5.74, 6) is 2.64. The molecule has 0 atom stereocenters. The van der Waals surface area contributed by atoms with Crippen molar-refractivity contribution in [1.82, 2.24) is 4.98 Å². The van der Waals surface area contributed by atoms with Crippen molar-refractivity contribution >= 4 is 16.6 Å². The van der Waals surface area contributed by atoms with Crippen molar-refractivity contribution in [1.29, 1.82) is 0 Å². The predicted octanol–water partition coefficient (Wildman–Crippen LogP) is 3.79. The minimum atomic E-state index is -0.424. The molecule has 0 N–H and O–H groups in total. The van der Waals surface area contributed by atoms with Gasteiger partial charge >= 0.3 is 0 Å². The third-order valence-electron chi connectivity index (χ3n) is 3.22. The molecule has 1 aromatic heterocycles. The number of rotatable bonds is 2. The van der Waals surface area contributed by atoms with Gasteiger partial charge in [-0.2, -0.15) is 0 Å². The molecule has 3 rings (SSSR count). The summed E-state index contributed by atoms with van der Waals surface area (Å²) in [6.07, 6.45) is 5.56. The van der Waals surface area contributed by atoms with Gasteiger partial charge in [-0.25, -0.2) is 4.98 Å². The number of hydrogen-bond acceptors (Lipinski definition) is 3. The Hall–Kier alpha value is -3.19. The summed E-state index contributed by atoms with van der Waals surface area (Å²) in [5, 5.41) is 11.8. The molecule has 0 saturated heterocycles. The van der Waals surface area contributed by atoms with E-state index in [2.05, 4.69) is 10.9 Å². The van der Waals surface area contributed by atoms with E-state index >= 15 is 0 Å². The molecule has 0 aliphatic heterocycles. The van der Waals surface area contributed by atoms with Crippen molar-refractivity contribution < 1.29 is 4.92 Å². The van der Waals surface area contributed by atoms with Gasteiger partial charge in [0.1, 0.15) is 0 Å². The summed E-state index contributed by atoms with van der Waals surface area (Å²) in [5.41, 5.74) is 2.83. The normalized spacial score (nSPS) is 10.2. The molecule has 1 heterocycles. The van der Waals surface area contributed by atoms with E-state index in [0.717, 1.165) is 16.5 Å². The van der Waals surface area contributed by atoms with E-state index in [9.17, 15) is 10.1 Å². The molecular weight excluding hydrogens is 264 g/mol. The summed E-state index contributed by atoms with van der Waals surface area (Å²) in [7, 11) is 0. The Labute approximate surface area is 121 Å². The third-order valence-corrected chi connectivity index (χ3v) is 3.22. The smallest absolute Gasteiger partial charge is 0.258 e. The second kappa shape index (κ2) is 5.06. The number of nitro groups is 1. The first-order valence-electron chi connectivity index (χ1n) is 6.30. The lowest BCUT2D eigenvalue weighted by molar-refractivity contribution is -0.384. The van der Waals surface area contributed by atoms with Gasteiger partial charge in [-0.15, -0.1) is 6.42 Å². The Morgan fingerprint density at radius 1 is 1.10 bits per heavy atom. The lowest BCUT2D eigenvalue weighted by Crippen LogP contribution is -1.91. The molecule has 4 nitrogen and oxygen atoms in total. The number of non-ortho nitro benzene ring substituents is 1. The number of nitrogens with zero attached hydrogens (tertiary/aromatic N) is 2. The van der Waals surface area contributed by atoms with Crippen LogP contribution in [-0.2, 0) is 0 Å². The quantitative estimate of drug-likeness (QED) is 0.406. The van der Waals surface area contributed by atoms with Gasteiger partial charge in [0.05, 0.1) is 16.1 Å². The molecule has 2 aromatic carbocycles. The first-order valence-corrected chi connectivity index (χ1v) is 6.30. The minimum Gasteiger partial charge on any atom is -0.258 e. The number of para-hydroxylation sites is 1. The van der Waals surface area contributed by atoms with Crippen molar-refractivity contribution in [2.75, 3.05) is 0 Å². The van der Waals surface area contributed by atoms with E-state index in [1.807, 2.05) is 24.3 Å². The second-order valence-electron chi connectivity index (χ2n) is 4.52. The summed E-state index contributed by atoms with van der Waals surface area (Å²) in [6, 6.07) is 15.7. The highest BCUT2D eigenvalue weighted by atomic mass is 16.6. The van der Waals surface area contributed by atoms with Crippen molar-refractivity contribution in [3.8, 4) is 23.6 Å². The maximum Gasteiger partial charge on any atom is 0.270 e. The highest BCUT2D eigenvalue weighted by Crippen LogP contribution is 2.26. The van der Waals surface area contributed by atoms with Crippen LogP contribution < -0.4 is 0 Å². The number of nitro benzene ring substituents is 1. The highest BCUT2D eigenvalue weighted by molar-refractivity contribution is 5.87. The van der Waals surface area contributed by atoms with Crippen LogP contribution in [0.25, 0.3) is 22.2 Å².